The van der Waals surface area contributed by atoms with Gasteiger partial charge in [0.25, 0.3) is 5.56 Å². The van der Waals surface area contributed by atoms with E-state index < -0.39 is 0 Å². The van der Waals surface area contributed by atoms with Gasteiger partial charge in [0.15, 0.2) is 0 Å². The van der Waals surface area contributed by atoms with Gasteiger partial charge in [0.2, 0.25) is 5.91 Å². The zero-order chi connectivity index (χ0) is 23.4. The van der Waals surface area contributed by atoms with Crippen molar-refractivity contribution >= 4 is 29.0 Å². The number of piperidine rings is 1. The van der Waals surface area contributed by atoms with Crippen LogP contribution in [0.2, 0.25) is 5.02 Å². The Hall–Kier alpha value is -3.52. The molecule has 8 nitrogen and oxygen atoms in total. The van der Waals surface area contributed by atoms with Gasteiger partial charge >= 0.3 is 0 Å². The van der Waals surface area contributed by atoms with Crippen LogP contribution >= 0.6 is 11.6 Å². The standard InChI is InChI=1S/C24H25ClN4O4/c1-32-19-8-9-20(21(14-19)33-2)26-24(31)16-5-4-12-28(15-16)22-10-11-23(30)29(27-22)18-7-3-6-17(25)13-18/h3,6-11,13-14,16H,4-5,12,15H2,1-2H3,(H,26,31)/t16-/m0/s1. The lowest BCUT2D eigenvalue weighted by atomic mass is 9.97. The summed E-state index contributed by atoms with van der Waals surface area (Å²) in [5.41, 5.74) is 0.930. The molecule has 1 amide bonds. The van der Waals surface area contributed by atoms with Crippen LogP contribution in [-0.2, 0) is 4.79 Å². The Morgan fingerprint density at radius 1 is 1.12 bits per heavy atom. The summed E-state index contributed by atoms with van der Waals surface area (Å²) in [6.07, 6.45) is 1.59. The highest BCUT2D eigenvalue weighted by Crippen LogP contribution is 2.30. The van der Waals surface area contributed by atoms with Crippen LogP contribution in [-0.4, -0.2) is 43.0 Å². The number of amides is 1. The number of carbonyl (C=O) groups excluding carboxylic acids is 1. The molecule has 1 aromatic heterocycles. The van der Waals surface area contributed by atoms with E-state index in [9.17, 15) is 9.59 Å². The van der Waals surface area contributed by atoms with Crippen molar-refractivity contribution in [2.45, 2.75) is 12.8 Å². The molecule has 0 aliphatic carbocycles. The third-order valence-corrected chi connectivity index (χ3v) is 5.86. The van der Waals surface area contributed by atoms with Crippen LogP contribution < -0.4 is 25.2 Å². The molecule has 1 aliphatic rings. The second-order valence-corrected chi connectivity index (χ2v) is 8.20. The number of rotatable bonds is 6. The van der Waals surface area contributed by atoms with Crippen molar-refractivity contribution in [1.82, 2.24) is 9.78 Å². The summed E-state index contributed by atoms with van der Waals surface area (Å²) < 4.78 is 11.9. The average molecular weight is 469 g/mol. The fourth-order valence-corrected chi connectivity index (χ4v) is 4.08. The number of carbonyl (C=O) groups is 1. The van der Waals surface area contributed by atoms with Crippen LogP contribution in [0, 0.1) is 5.92 Å². The van der Waals surface area contributed by atoms with Gasteiger partial charge in [-0.3, -0.25) is 9.59 Å². The number of anilines is 2. The first-order valence-electron chi connectivity index (χ1n) is 10.6. The van der Waals surface area contributed by atoms with E-state index in [0.29, 0.717) is 40.3 Å². The SMILES string of the molecule is COc1ccc(NC(=O)[C@H]2CCCN(c3ccc(=O)n(-c4cccc(Cl)c4)n3)C2)c(OC)c1. The highest BCUT2D eigenvalue weighted by Gasteiger charge is 2.27. The van der Waals surface area contributed by atoms with E-state index in [1.54, 1.807) is 62.8 Å². The Balaban J connectivity index is 1.52. The maximum atomic E-state index is 13.0. The molecule has 0 bridgehead atoms. The van der Waals surface area contributed by atoms with Crippen LogP contribution in [0.1, 0.15) is 12.8 Å². The number of nitrogens with zero attached hydrogens (tertiary/aromatic N) is 3. The minimum atomic E-state index is -0.251. The Morgan fingerprint density at radius 3 is 2.73 bits per heavy atom. The summed E-state index contributed by atoms with van der Waals surface area (Å²) in [5.74, 6) is 1.49. The zero-order valence-corrected chi connectivity index (χ0v) is 19.2. The molecular weight excluding hydrogens is 444 g/mol. The molecule has 2 heterocycles. The molecule has 0 unspecified atom stereocenters. The number of aromatic nitrogens is 2. The smallest absolute Gasteiger partial charge is 0.271 e. The van der Waals surface area contributed by atoms with Gasteiger partial charge in [0.05, 0.1) is 31.5 Å². The van der Waals surface area contributed by atoms with Gasteiger partial charge in [-0.05, 0) is 49.2 Å². The van der Waals surface area contributed by atoms with Crippen molar-refractivity contribution in [2.24, 2.45) is 5.92 Å². The average Bonchev–Trinajstić information content (AvgIpc) is 2.84. The van der Waals surface area contributed by atoms with Gasteiger partial charge < -0.3 is 19.7 Å². The minimum absolute atomic E-state index is 0.0914. The normalized spacial score (nSPS) is 15.7. The quantitative estimate of drug-likeness (QED) is 0.593. The van der Waals surface area contributed by atoms with Crippen molar-refractivity contribution in [1.29, 1.82) is 0 Å². The predicted octanol–water partition coefficient (Wildman–Crippen LogP) is 3.76. The Bertz CT molecular complexity index is 1210. The third-order valence-electron chi connectivity index (χ3n) is 5.62. The molecule has 1 aliphatic heterocycles. The van der Waals surface area contributed by atoms with Crippen molar-refractivity contribution in [3.05, 3.63) is 70.0 Å². The molecule has 4 rings (SSSR count). The topological polar surface area (TPSA) is 85.7 Å². The molecule has 0 saturated carbocycles. The maximum Gasteiger partial charge on any atom is 0.271 e. The van der Waals surface area contributed by atoms with Crippen molar-refractivity contribution < 1.29 is 14.3 Å². The van der Waals surface area contributed by atoms with Crippen molar-refractivity contribution in [3.8, 4) is 17.2 Å². The number of methoxy groups -OCH3 is 2. The second kappa shape index (κ2) is 9.95. The minimum Gasteiger partial charge on any atom is -0.497 e. The van der Waals surface area contributed by atoms with Crippen molar-refractivity contribution in [2.75, 3.05) is 37.5 Å². The van der Waals surface area contributed by atoms with Gasteiger partial charge in [0, 0.05) is 30.2 Å². The fourth-order valence-electron chi connectivity index (χ4n) is 3.90. The molecule has 1 atom stereocenters. The van der Waals surface area contributed by atoms with E-state index in [0.717, 1.165) is 19.4 Å². The molecule has 0 radical (unpaired) electrons. The molecule has 1 N–H and O–H groups in total. The molecule has 3 aromatic rings. The summed E-state index contributed by atoms with van der Waals surface area (Å²) in [6.45, 7) is 1.24. The third kappa shape index (κ3) is 5.12. The van der Waals surface area contributed by atoms with Gasteiger partial charge in [-0.25, -0.2) is 0 Å². The van der Waals surface area contributed by atoms with Gasteiger partial charge in [-0.1, -0.05) is 17.7 Å². The van der Waals surface area contributed by atoms with E-state index in [-0.39, 0.29) is 17.4 Å². The van der Waals surface area contributed by atoms with E-state index in [1.165, 1.54) is 10.7 Å². The lowest BCUT2D eigenvalue weighted by Gasteiger charge is -2.33. The van der Waals surface area contributed by atoms with E-state index in [4.69, 9.17) is 21.1 Å². The van der Waals surface area contributed by atoms with Gasteiger partial charge in [-0.15, -0.1) is 5.10 Å². The number of halogens is 1. The molecule has 1 fully saturated rings. The molecule has 1 saturated heterocycles. The molecule has 2 aromatic carbocycles. The van der Waals surface area contributed by atoms with Crippen LogP contribution in [0.5, 0.6) is 11.5 Å². The van der Waals surface area contributed by atoms with Crippen LogP contribution in [0.3, 0.4) is 0 Å². The van der Waals surface area contributed by atoms with Gasteiger partial charge in [0.1, 0.15) is 17.3 Å². The van der Waals surface area contributed by atoms with Crippen LogP contribution in [0.15, 0.2) is 59.4 Å². The number of hydrogen-bond donors (Lipinski definition) is 1. The lowest BCUT2D eigenvalue weighted by Crippen LogP contribution is -2.41. The highest BCUT2D eigenvalue weighted by molar-refractivity contribution is 6.30. The Kier molecular flexibility index (Phi) is 6.84. The van der Waals surface area contributed by atoms with Crippen LogP contribution in [0.25, 0.3) is 5.69 Å². The van der Waals surface area contributed by atoms with Gasteiger partial charge in [-0.2, -0.15) is 4.68 Å². The van der Waals surface area contributed by atoms with Crippen LogP contribution in [0.4, 0.5) is 11.5 Å². The molecule has 9 heteroatoms. The summed E-state index contributed by atoms with van der Waals surface area (Å²) in [4.78, 5) is 27.5. The maximum absolute atomic E-state index is 13.0. The Labute approximate surface area is 196 Å². The predicted molar refractivity (Wildman–Crippen MR) is 128 cm³/mol. The molecule has 0 spiro atoms. The van der Waals surface area contributed by atoms with E-state index in [1.807, 2.05) is 4.90 Å². The number of nitrogens with one attached hydrogen (secondary N) is 1. The summed E-state index contributed by atoms with van der Waals surface area (Å²) in [7, 11) is 3.13. The number of benzene rings is 2. The molecule has 172 valence electrons. The first-order valence-corrected chi connectivity index (χ1v) is 11.0. The number of ether oxygens (including phenoxy) is 2. The monoisotopic (exact) mass is 468 g/mol. The largest absolute Gasteiger partial charge is 0.497 e. The fraction of sp³-hybridized carbons (Fsp3) is 0.292. The van der Waals surface area contributed by atoms with Crippen molar-refractivity contribution in [3.63, 3.8) is 0 Å². The summed E-state index contributed by atoms with van der Waals surface area (Å²) in [5, 5.41) is 8.03. The van der Waals surface area contributed by atoms with E-state index in [2.05, 4.69) is 10.4 Å². The second-order valence-electron chi connectivity index (χ2n) is 7.76. The first-order chi connectivity index (χ1) is 16.0. The molecular formula is C24H25ClN4O4. The summed E-state index contributed by atoms with van der Waals surface area (Å²) >= 11 is 6.08. The lowest BCUT2D eigenvalue weighted by molar-refractivity contribution is -0.120. The first kappa shape index (κ1) is 22.7. The molecule has 33 heavy (non-hydrogen) atoms. The number of hydrogen-bond acceptors (Lipinski definition) is 6. The Morgan fingerprint density at radius 2 is 1.97 bits per heavy atom. The zero-order valence-electron chi connectivity index (χ0n) is 18.5. The highest BCUT2D eigenvalue weighted by atomic mass is 35.5. The van der Waals surface area contributed by atoms with E-state index >= 15 is 0 Å². The summed E-state index contributed by atoms with van der Waals surface area (Å²) in [6, 6.07) is 15.4.